The zero-order valence-corrected chi connectivity index (χ0v) is 66.5. The first-order chi connectivity index (χ1) is 47.0. The van der Waals surface area contributed by atoms with Crippen molar-refractivity contribution in [2.24, 2.45) is 0 Å². The van der Waals surface area contributed by atoms with Crippen LogP contribution >= 0.6 is 7.82 Å². The highest BCUT2D eigenvalue weighted by atomic mass is 31.2. The number of carbonyl (C=O) groups excluding carboxylic acids is 2. The summed E-state index contributed by atoms with van der Waals surface area (Å²) < 4.78 is 34.5. The molecule has 0 amide bonds. The lowest BCUT2D eigenvalue weighted by Crippen LogP contribution is -2.37. The van der Waals surface area contributed by atoms with E-state index < -0.39 is 26.5 Å². The maximum atomic E-state index is 12.9. The summed E-state index contributed by atoms with van der Waals surface area (Å²) in [6.45, 7) is 4.35. The van der Waals surface area contributed by atoms with Crippen molar-refractivity contribution in [3.05, 3.63) is 12.2 Å². The molecule has 0 heterocycles. The van der Waals surface area contributed by atoms with Crippen LogP contribution in [0, 0.1) is 0 Å². The van der Waals surface area contributed by atoms with Gasteiger partial charge in [-0.1, -0.05) is 437 Å². The van der Waals surface area contributed by atoms with Gasteiger partial charge in [-0.2, -0.15) is 0 Å². The molecule has 96 heavy (non-hydrogen) atoms. The van der Waals surface area contributed by atoms with Gasteiger partial charge >= 0.3 is 11.9 Å². The molecule has 0 N–H and O–H groups in total. The molecule has 0 rings (SSSR count). The van der Waals surface area contributed by atoms with Crippen molar-refractivity contribution in [3.8, 4) is 0 Å². The maximum Gasteiger partial charge on any atom is 0.306 e. The van der Waals surface area contributed by atoms with Crippen molar-refractivity contribution in [1.82, 2.24) is 0 Å². The average molecular weight is 1380 g/mol. The highest BCUT2D eigenvalue weighted by molar-refractivity contribution is 7.45. The number of rotatable bonds is 83. The number of ether oxygens (including phenoxy) is 2. The summed E-state index contributed by atoms with van der Waals surface area (Å²) >= 11 is 0. The smallest absolute Gasteiger partial charge is 0.306 e. The first-order valence-corrected chi connectivity index (χ1v) is 44.9. The Labute approximate surface area is 600 Å². The normalized spacial score (nSPS) is 12.9. The molecule has 572 valence electrons. The molecular weight excluding hydrogens is 1210 g/mol. The number of hydrogen-bond acceptors (Lipinski definition) is 8. The van der Waals surface area contributed by atoms with Gasteiger partial charge in [-0.05, 0) is 38.5 Å². The molecule has 0 aliphatic carbocycles. The summed E-state index contributed by atoms with van der Waals surface area (Å²) in [6, 6.07) is 0. The summed E-state index contributed by atoms with van der Waals surface area (Å²) in [4.78, 5) is 38.2. The van der Waals surface area contributed by atoms with Crippen LogP contribution in [0.5, 0.6) is 0 Å². The Morgan fingerprint density at radius 2 is 0.531 bits per heavy atom. The second-order valence-corrected chi connectivity index (χ2v) is 32.7. The lowest BCUT2D eigenvalue weighted by Gasteiger charge is -2.28. The van der Waals surface area contributed by atoms with Gasteiger partial charge in [0, 0.05) is 12.8 Å². The second-order valence-electron chi connectivity index (χ2n) is 31.3. The largest absolute Gasteiger partial charge is 0.756 e. The zero-order valence-electron chi connectivity index (χ0n) is 65.6. The van der Waals surface area contributed by atoms with Gasteiger partial charge in [-0.25, -0.2) is 0 Å². The van der Waals surface area contributed by atoms with Crippen molar-refractivity contribution in [1.29, 1.82) is 0 Å². The van der Waals surface area contributed by atoms with Crippen molar-refractivity contribution in [2.75, 3.05) is 47.5 Å². The first-order valence-electron chi connectivity index (χ1n) is 43.4. The molecule has 0 aromatic heterocycles. The third kappa shape index (κ3) is 81.7. The molecule has 0 fully saturated rings. The molecule has 0 aliphatic rings. The number of phosphoric ester groups is 1. The van der Waals surface area contributed by atoms with Crippen molar-refractivity contribution in [3.63, 3.8) is 0 Å². The molecule has 2 unspecified atom stereocenters. The second kappa shape index (κ2) is 77.9. The van der Waals surface area contributed by atoms with Gasteiger partial charge in [-0.15, -0.1) is 0 Å². The zero-order chi connectivity index (χ0) is 69.7. The molecule has 0 aromatic carbocycles. The number of hydrogen-bond donors (Lipinski definition) is 0. The average Bonchev–Trinajstić information content (AvgIpc) is 2.54. The van der Waals surface area contributed by atoms with Gasteiger partial charge in [0.1, 0.15) is 19.8 Å². The van der Waals surface area contributed by atoms with Crippen LogP contribution in [-0.4, -0.2) is 70.0 Å². The van der Waals surface area contributed by atoms with Gasteiger partial charge in [0.15, 0.2) is 6.10 Å². The van der Waals surface area contributed by atoms with E-state index in [1.54, 1.807) is 0 Å². The summed E-state index contributed by atoms with van der Waals surface area (Å²) in [7, 11) is 1.20. The number of carbonyl (C=O) groups is 2. The lowest BCUT2D eigenvalue weighted by atomic mass is 10.0. The van der Waals surface area contributed by atoms with E-state index >= 15 is 0 Å². The number of likely N-dealkylation sites (N-methyl/N-ethyl adjacent to an activating group) is 1. The fourth-order valence-electron chi connectivity index (χ4n) is 13.7. The number of allylic oxidation sites excluding steroid dienone is 2. The minimum absolute atomic E-state index is 0.0252. The number of nitrogens with zero attached hydrogens (tertiary/aromatic N) is 1. The Hall–Kier alpha value is -1.25. The van der Waals surface area contributed by atoms with Crippen molar-refractivity contribution in [2.45, 2.75) is 482 Å². The molecular formula is C86H170NO8P. The molecule has 0 bridgehead atoms. The first kappa shape index (κ1) is 94.8. The third-order valence-corrected chi connectivity index (χ3v) is 21.2. The van der Waals surface area contributed by atoms with E-state index in [0.29, 0.717) is 17.4 Å². The highest BCUT2D eigenvalue weighted by Gasteiger charge is 2.22. The van der Waals surface area contributed by atoms with Gasteiger partial charge < -0.3 is 27.9 Å². The predicted molar refractivity (Wildman–Crippen MR) is 416 cm³/mol. The SMILES string of the molecule is CCCCCCCCCC/C=C\CCCCCCCCCCCCCCCCCCCCCCCCCCCCCCCC(=O)OC(COC(=O)CCCCCCCCCCCCCCCCCCCCCCCCCCCCCCCCC)COP(=O)([O-])OCC[N+](C)(C)C. The number of quaternary nitrogens is 1. The van der Waals surface area contributed by atoms with Crippen LogP contribution in [0.4, 0.5) is 0 Å². The monoisotopic (exact) mass is 1380 g/mol. The Morgan fingerprint density at radius 1 is 0.312 bits per heavy atom. The maximum absolute atomic E-state index is 12.9. The number of esters is 2. The highest BCUT2D eigenvalue weighted by Crippen LogP contribution is 2.38. The molecule has 0 radical (unpaired) electrons. The molecule has 9 nitrogen and oxygen atoms in total. The number of phosphoric acid groups is 1. The van der Waals surface area contributed by atoms with Crippen molar-refractivity contribution < 1.29 is 42.1 Å². The molecule has 0 spiro atoms. The van der Waals surface area contributed by atoms with Gasteiger partial charge in [0.25, 0.3) is 7.82 Å². The van der Waals surface area contributed by atoms with E-state index in [2.05, 4.69) is 26.0 Å². The topological polar surface area (TPSA) is 111 Å². The molecule has 10 heteroatoms. The molecule has 0 aliphatic heterocycles. The molecule has 2 atom stereocenters. The van der Waals surface area contributed by atoms with E-state index in [9.17, 15) is 19.0 Å². The Bertz CT molecular complexity index is 1620. The standard InChI is InChI=1S/C86H170NO8P/c1-6-8-10-12-14-16-18-20-22-24-26-28-30-32-34-36-38-39-40-41-42-43-44-45-46-47-49-51-53-55-57-59-61-63-65-67-69-71-73-75-77-79-86(89)95-84(83-94-96(90,91)93-81-80-87(3,4)5)82-92-85(88)78-76-74-72-70-68-66-64-62-60-58-56-54-52-50-48-37-35-33-31-29-27-25-23-21-19-17-15-13-11-9-7-2/h24,26,84H,6-23,25,27-83H2,1-5H3/b26-24-. The van der Waals surface area contributed by atoms with Crippen LogP contribution in [0.25, 0.3) is 0 Å². The quantitative estimate of drug-likeness (QED) is 0.0195. The van der Waals surface area contributed by atoms with E-state index in [4.69, 9.17) is 18.5 Å². The fourth-order valence-corrected chi connectivity index (χ4v) is 14.4. The van der Waals surface area contributed by atoms with Crippen LogP contribution in [0.15, 0.2) is 12.2 Å². The third-order valence-electron chi connectivity index (χ3n) is 20.3. The fraction of sp³-hybridized carbons (Fsp3) is 0.953. The van der Waals surface area contributed by atoms with E-state index in [1.807, 2.05) is 21.1 Å². The van der Waals surface area contributed by atoms with Gasteiger partial charge in [0.2, 0.25) is 0 Å². The van der Waals surface area contributed by atoms with Crippen LogP contribution in [-0.2, 0) is 32.7 Å². The van der Waals surface area contributed by atoms with Crippen molar-refractivity contribution >= 4 is 19.8 Å². The van der Waals surface area contributed by atoms with Crippen LogP contribution in [0.3, 0.4) is 0 Å². The van der Waals surface area contributed by atoms with E-state index in [-0.39, 0.29) is 32.0 Å². The van der Waals surface area contributed by atoms with E-state index in [1.165, 1.54) is 411 Å². The molecule has 0 saturated carbocycles. The summed E-state index contributed by atoms with van der Waals surface area (Å²) in [5, 5.41) is 0. The summed E-state index contributed by atoms with van der Waals surface area (Å²) in [6.07, 6.45) is 99.5. The van der Waals surface area contributed by atoms with Gasteiger partial charge in [0.05, 0.1) is 27.7 Å². The Balaban J connectivity index is 3.83. The molecule has 0 aromatic rings. The molecule has 0 saturated heterocycles. The van der Waals surface area contributed by atoms with Crippen LogP contribution in [0.2, 0.25) is 0 Å². The summed E-state index contributed by atoms with van der Waals surface area (Å²) in [5.74, 6) is -0.800. The summed E-state index contributed by atoms with van der Waals surface area (Å²) in [5.41, 5.74) is 0. The van der Waals surface area contributed by atoms with Gasteiger partial charge in [-0.3, -0.25) is 14.2 Å². The predicted octanol–water partition coefficient (Wildman–Crippen LogP) is 28.3. The van der Waals surface area contributed by atoms with Crippen LogP contribution in [0.1, 0.15) is 476 Å². The Morgan fingerprint density at radius 3 is 0.771 bits per heavy atom. The minimum atomic E-state index is -4.64. The number of unbranched alkanes of at least 4 members (excludes halogenated alkanes) is 67. The van der Waals surface area contributed by atoms with Crippen LogP contribution < -0.4 is 4.89 Å². The Kier molecular flexibility index (Phi) is 76.9. The minimum Gasteiger partial charge on any atom is -0.756 e. The lowest BCUT2D eigenvalue weighted by molar-refractivity contribution is -0.870. The van der Waals surface area contributed by atoms with E-state index in [0.717, 1.165) is 32.1 Å².